The third kappa shape index (κ3) is 2.33. The summed E-state index contributed by atoms with van der Waals surface area (Å²) in [7, 11) is 2.18. The lowest BCUT2D eigenvalue weighted by atomic mass is 9.82. The molecule has 3 aromatic carbocycles. The third-order valence-electron chi connectivity index (χ3n) is 9.60. The molecule has 2 fully saturated rings. The normalized spacial score (nSPS) is 21.9. The van der Waals surface area contributed by atoms with E-state index in [-0.39, 0.29) is 0 Å². The minimum Gasteiger partial charge on any atom is -0.307 e. The predicted molar refractivity (Wildman–Crippen MR) is 142 cm³/mol. The van der Waals surface area contributed by atoms with Crippen molar-refractivity contribution in [2.75, 3.05) is 0 Å². The highest BCUT2D eigenvalue weighted by atomic mass is 15.0. The SMILES string of the molecule is Cc1cc2c3c(C#N)cccc3n3c4cc(C5CC6CCC5C6)cc5cc[n+](C)c(c(c1C)c23)c54. The number of nitriles is 1. The number of aryl methyl sites for hydroxylation is 3. The highest BCUT2D eigenvalue weighted by Crippen LogP contribution is 2.54. The molecule has 0 aliphatic heterocycles. The van der Waals surface area contributed by atoms with E-state index in [9.17, 15) is 5.26 Å². The first-order valence-electron chi connectivity index (χ1n) is 13.0. The van der Waals surface area contributed by atoms with Crippen LogP contribution in [-0.4, -0.2) is 4.40 Å². The second-order valence-corrected chi connectivity index (χ2v) is 11.3. The molecule has 2 aliphatic carbocycles. The van der Waals surface area contributed by atoms with Crippen molar-refractivity contribution < 1.29 is 4.57 Å². The lowest BCUT2D eigenvalue weighted by Gasteiger charge is -2.23. The second kappa shape index (κ2) is 6.52. The summed E-state index contributed by atoms with van der Waals surface area (Å²) in [5, 5.41) is 16.3. The van der Waals surface area contributed by atoms with Crippen molar-refractivity contribution in [2.45, 2.75) is 45.4 Å². The Morgan fingerprint density at radius 2 is 1.86 bits per heavy atom. The van der Waals surface area contributed by atoms with Gasteiger partial charge in [0, 0.05) is 16.8 Å². The fourth-order valence-corrected chi connectivity index (χ4v) is 7.94. The molecule has 35 heavy (non-hydrogen) atoms. The maximum atomic E-state index is 10.0. The van der Waals surface area contributed by atoms with E-state index in [2.05, 4.69) is 72.5 Å². The fourth-order valence-electron chi connectivity index (χ4n) is 7.94. The summed E-state index contributed by atoms with van der Waals surface area (Å²) >= 11 is 0. The van der Waals surface area contributed by atoms with Crippen LogP contribution in [0.15, 0.2) is 48.7 Å². The molecule has 8 rings (SSSR count). The summed E-state index contributed by atoms with van der Waals surface area (Å²) < 4.78 is 4.79. The number of aromatic nitrogens is 2. The van der Waals surface area contributed by atoms with E-state index in [0.29, 0.717) is 5.92 Å². The molecule has 0 saturated heterocycles. The van der Waals surface area contributed by atoms with Crippen molar-refractivity contribution >= 4 is 49.0 Å². The molecule has 0 spiro atoms. The smallest absolute Gasteiger partial charge is 0.224 e. The first-order chi connectivity index (χ1) is 17.0. The van der Waals surface area contributed by atoms with Crippen molar-refractivity contribution in [1.82, 2.24) is 4.40 Å². The molecule has 3 nitrogen and oxygen atoms in total. The Bertz CT molecular complexity index is 1920. The molecule has 3 unspecified atom stereocenters. The van der Waals surface area contributed by atoms with E-state index < -0.39 is 0 Å². The van der Waals surface area contributed by atoms with Gasteiger partial charge >= 0.3 is 0 Å². The van der Waals surface area contributed by atoms with Gasteiger partial charge in [0.05, 0.1) is 39.0 Å². The molecule has 2 bridgehead atoms. The Morgan fingerprint density at radius 3 is 2.63 bits per heavy atom. The minimum absolute atomic E-state index is 0.681. The molecule has 3 aromatic heterocycles. The Morgan fingerprint density at radius 1 is 0.971 bits per heavy atom. The standard InChI is InChI=1S/C32H28N3/c1-17-11-25-29-22(16-33)5-4-6-26(29)35-27-15-23(24-13-19-7-8-20(24)12-19)14-21-9-10-34(3)32(30(21)27)28(18(17)2)31(25)35/h4-6,9-11,14-15,19-20,24H,7-8,12-13H2,1-3H3/q+1. The van der Waals surface area contributed by atoms with Crippen LogP contribution in [0.3, 0.4) is 0 Å². The van der Waals surface area contributed by atoms with Crippen LogP contribution >= 0.6 is 0 Å². The van der Waals surface area contributed by atoms with E-state index in [1.54, 1.807) is 0 Å². The van der Waals surface area contributed by atoms with Gasteiger partial charge in [-0.2, -0.15) is 5.26 Å². The number of benzene rings is 3. The van der Waals surface area contributed by atoms with Crippen molar-refractivity contribution in [1.29, 1.82) is 5.26 Å². The maximum Gasteiger partial charge on any atom is 0.224 e. The molecular formula is C32H28N3+. The molecule has 3 heterocycles. The van der Waals surface area contributed by atoms with Gasteiger partial charge < -0.3 is 4.40 Å². The second-order valence-electron chi connectivity index (χ2n) is 11.3. The summed E-state index contributed by atoms with van der Waals surface area (Å²) in [5.41, 5.74) is 9.87. The van der Waals surface area contributed by atoms with Gasteiger partial charge in [0.2, 0.25) is 5.52 Å². The van der Waals surface area contributed by atoms with Gasteiger partial charge in [-0.3, -0.25) is 0 Å². The van der Waals surface area contributed by atoms with Crippen LogP contribution in [0.25, 0.3) is 49.0 Å². The van der Waals surface area contributed by atoms with Crippen LogP contribution in [0.2, 0.25) is 0 Å². The number of hydrogen-bond acceptors (Lipinski definition) is 1. The van der Waals surface area contributed by atoms with Crippen LogP contribution in [-0.2, 0) is 7.05 Å². The summed E-state index contributed by atoms with van der Waals surface area (Å²) in [6, 6.07) is 18.3. The summed E-state index contributed by atoms with van der Waals surface area (Å²) in [6.07, 6.45) is 7.81. The molecule has 3 atom stereocenters. The minimum atomic E-state index is 0.681. The van der Waals surface area contributed by atoms with Crippen molar-refractivity contribution in [2.24, 2.45) is 18.9 Å². The Labute approximate surface area is 204 Å². The summed E-state index contributed by atoms with van der Waals surface area (Å²) in [5.74, 6) is 2.45. The van der Waals surface area contributed by atoms with Gasteiger partial charge in [0.15, 0.2) is 6.20 Å². The number of nitrogens with zero attached hydrogens (tertiary/aromatic N) is 3. The highest BCUT2D eigenvalue weighted by molar-refractivity contribution is 6.26. The molecule has 0 amide bonds. The lowest BCUT2D eigenvalue weighted by Crippen LogP contribution is -2.29. The lowest BCUT2D eigenvalue weighted by molar-refractivity contribution is -0.643. The Kier molecular flexibility index (Phi) is 3.66. The van der Waals surface area contributed by atoms with E-state index in [1.807, 2.05) is 12.1 Å². The number of fused-ring (bicyclic) bond motifs is 7. The molecule has 2 saturated carbocycles. The van der Waals surface area contributed by atoms with E-state index in [1.165, 1.54) is 80.5 Å². The number of pyridine rings is 2. The van der Waals surface area contributed by atoms with Crippen LogP contribution in [0, 0.1) is 37.0 Å². The highest BCUT2D eigenvalue weighted by Gasteiger charge is 2.40. The average Bonchev–Trinajstić information content (AvgIpc) is 3.59. The van der Waals surface area contributed by atoms with Gasteiger partial charge in [-0.15, -0.1) is 0 Å². The van der Waals surface area contributed by atoms with Crippen molar-refractivity contribution in [3.05, 3.63) is 70.9 Å². The fraction of sp³-hybridized carbons (Fsp3) is 0.312. The van der Waals surface area contributed by atoms with E-state index in [4.69, 9.17) is 0 Å². The van der Waals surface area contributed by atoms with Crippen LogP contribution < -0.4 is 4.57 Å². The topological polar surface area (TPSA) is 32.1 Å². The first kappa shape index (κ1) is 19.6. The monoisotopic (exact) mass is 454 g/mol. The molecule has 0 N–H and O–H groups in total. The maximum absolute atomic E-state index is 10.0. The van der Waals surface area contributed by atoms with Crippen molar-refractivity contribution in [3.63, 3.8) is 0 Å². The van der Waals surface area contributed by atoms with Gasteiger partial charge in [-0.25, -0.2) is 4.57 Å². The van der Waals surface area contributed by atoms with Gasteiger partial charge in [-0.1, -0.05) is 18.6 Å². The zero-order valence-electron chi connectivity index (χ0n) is 20.5. The van der Waals surface area contributed by atoms with Crippen LogP contribution in [0.1, 0.15) is 53.9 Å². The van der Waals surface area contributed by atoms with Crippen LogP contribution in [0.5, 0.6) is 0 Å². The summed E-state index contributed by atoms with van der Waals surface area (Å²) in [4.78, 5) is 0. The zero-order chi connectivity index (χ0) is 23.6. The molecule has 6 aromatic rings. The number of rotatable bonds is 1. The summed E-state index contributed by atoms with van der Waals surface area (Å²) in [6.45, 7) is 4.46. The number of hydrogen-bond donors (Lipinski definition) is 0. The van der Waals surface area contributed by atoms with Crippen LogP contribution in [0.4, 0.5) is 0 Å². The average molecular weight is 455 g/mol. The molecule has 2 aliphatic rings. The zero-order valence-corrected chi connectivity index (χ0v) is 20.5. The Hall–Kier alpha value is -3.64. The molecule has 170 valence electrons. The Balaban J connectivity index is 1.66. The third-order valence-corrected chi connectivity index (χ3v) is 9.60. The van der Waals surface area contributed by atoms with Gasteiger partial charge in [0.25, 0.3) is 0 Å². The quantitative estimate of drug-likeness (QED) is 0.147. The van der Waals surface area contributed by atoms with Gasteiger partial charge in [0.1, 0.15) is 7.05 Å². The molecule has 0 radical (unpaired) electrons. The largest absolute Gasteiger partial charge is 0.307 e. The first-order valence-corrected chi connectivity index (χ1v) is 13.0. The van der Waals surface area contributed by atoms with E-state index in [0.717, 1.165) is 28.3 Å². The van der Waals surface area contributed by atoms with E-state index >= 15 is 0 Å². The predicted octanol–water partition coefficient (Wildman–Crippen LogP) is 7.21. The molecular weight excluding hydrogens is 426 g/mol. The molecule has 3 heteroatoms. The van der Waals surface area contributed by atoms with Crippen molar-refractivity contribution in [3.8, 4) is 6.07 Å². The van der Waals surface area contributed by atoms with Gasteiger partial charge in [-0.05, 0) is 97.2 Å².